The number of hydrogen-bond acceptors (Lipinski definition) is 4. The van der Waals surface area contributed by atoms with Gasteiger partial charge in [0, 0.05) is 6.42 Å². The molecule has 0 radical (unpaired) electrons. The molecule has 2 rings (SSSR count). The quantitative estimate of drug-likeness (QED) is 0.833. The van der Waals surface area contributed by atoms with Crippen LogP contribution in [-0.2, 0) is 9.53 Å². The van der Waals surface area contributed by atoms with Crippen LogP contribution in [0.3, 0.4) is 0 Å². The van der Waals surface area contributed by atoms with Crippen molar-refractivity contribution in [1.82, 2.24) is 9.78 Å². The largest absolute Gasteiger partial charge is 0.462 e. The van der Waals surface area contributed by atoms with E-state index in [4.69, 9.17) is 4.74 Å². The van der Waals surface area contributed by atoms with E-state index < -0.39 is 5.97 Å². The summed E-state index contributed by atoms with van der Waals surface area (Å²) < 4.78 is 6.54. The molecule has 1 aromatic heterocycles. The molecule has 0 aliphatic heterocycles. The maximum atomic E-state index is 12.0. The van der Waals surface area contributed by atoms with Gasteiger partial charge in [-0.25, -0.2) is 9.48 Å². The first kappa shape index (κ1) is 15.8. The van der Waals surface area contributed by atoms with Crippen LogP contribution in [0.5, 0.6) is 0 Å². The minimum absolute atomic E-state index is 0.161. The van der Waals surface area contributed by atoms with Gasteiger partial charge in [0.25, 0.3) is 0 Å². The highest BCUT2D eigenvalue weighted by Crippen LogP contribution is 2.21. The van der Waals surface area contributed by atoms with Gasteiger partial charge in [-0.15, -0.1) is 0 Å². The van der Waals surface area contributed by atoms with Crippen LogP contribution in [0.1, 0.15) is 37.0 Å². The predicted molar refractivity (Wildman–Crippen MR) is 83.1 cm³/mol. The van der Waals surface area contributed by atoms with Crippen molar-refractivity contribution in [1.29, 1.82) is 0 Å². The zero-order chi connectivity index (χ0) is 15.9. The fourth-order valence-corrected chi connectivity index (χ4v) is 2.01. The fraction of sp³-hybridized carbons (Fsp3) is 0.312. The molecular weight excluding hydrogens is 282 g/mol. The Morgan fingerprint density at radius 1 is 1.23 bits per heavy atom. The van der Waals surface area contributed by atoms with E-state index in [1.165, 1.54) is 10.9 Å². The van der Waals surface area contributed by atoms with Crippen molar-refractivity contribution in [3.8, 4) is 5.69 Å². The molecule has 0 saturated carbocycles. The number of carbonyl (C=O) groups is 2. The van der Waals surface area contributed by atoms with Gasteiger partial charge in [0.15, 0.2) is 5.82 Å². The van der Waals surface area contributed by atoms with E-state index in [1.807, 2.05) is 37.3 Å². The first-order valence-corrected chi connectivity index (χ1v) is 7.27. The molecule has 6 heteroatoms. The number of esters is 1. The number of nitrogens with one attached hydrogen (secondary N) is 1. The Morgan fingerprint density at radius 3 is 2.59 bits per heavy atom. The van der Waals surface area contributed by atoms with E-state index in [9.17, 15) is 9.59 Å². The Balaban J connectivity index is 2.41. The number of aromatic nitrogens is 2. The van der Waals surface area contributed by atoms with E-state index in [-0.39, 0.29) is 18.1 Å². The molecule has 1 aromatic carbocycles. The number of amides is 1. The van der Waals surface area contributed by atoms with E-state index >= 15 is 0 Å². The van der Waals surface area contributed by atoms with Crippen LogP contribution in [0.25, 0.3) is 5.69 Å². The highest BCUT2D eigenvalue weighted by atomic mass is 16.5. The van der Waals surface area contributed by atoms with E-state index in [0.717, 1.165) is 12.1 Å². The van der Waals surface area contributed by atoms with Crippen LogP contribution in [0, 0.1) is 0 Å². The number of carbonyl (C=O) groups excluding carboxylic acids is 2. The monoisotopic (exact) mass is 301 g/mol. The third kappa shape index (κ3) is 3.52. The molecule has 116 valence electrons. The first-order chi connectivity index (χ1) is 10.7. The highest BCUT2D eigenvalue weighted by molar-refractivity contribution is 6.00. The smallest absolute Gasteiger partial charge is 0.343 e. The van der Waals surface area contributed by atoms with Crippen LogP contribution in [-0.4, -0.2) is 28.3 Å². The van der Waals surface area contributed by atoms with Crippen LogP contribution >= 0.6 is 0 Å². The number of hydrogen-bond donors (Lipinski definition) is 1. The van der Waals surface area contributed by atoms with Gasteiger partial charge in [-0.3, -0.25) is 4.79 Å². The third-order valence-electron chi connectivity index (χ3n) is 3.00. The van der Waals surface area contributed by atoms with E-state index in [1.54, 1.807) is 6.92 Å². The maximum absolute atomic E-state index is 12.0. The van der Waals surface area contributed by atoms with Crippen molar-refractivity contribution < 1.29 is 14.3 Å². The number of nitrogens with zero attached hydrogens (tertiary/aromatic N) is 2. The summed E-state index contributed by atoms with van der Waals surface area (Å²) in [7, 11) is 0. The molecule has 0 spiro atoms. The summed E-state index contributed by atoms with van der Waals surface area (Å²) in [5, 5.41) is 6.96. The third-order valence-corrected chi connectivity index (χ3v) is 3.00. The molecular formula is C16H19N3O3. The first-order valence-electron chi connectivity index (χ1n) is 7.27. The average Bonchev–Trinajstić information content (AvgIpc) is 2.92. The van der Waals surface area contributed by atoms with Gasteiger partial charge < -0.3 is 10.1 Å². The van der Waals surface area contributed by atoms with Crippen molar-refractivity contribution in [2.45, 2.75) is 26.7 Å². The van der Waals surface area contributed by atoms with Gasteiger partial charge in [-0.1, -0.05) is 25.1 Å². The lowest BCUT2D eigenvalue weighted by molar-refractivity contribution is -0.116. The molecule has 0 saturated heterocycles. The van der Waals surface area contributed by atoms with Crippen molar-refractivity contribution in [2.75, 3.05) is 11.9 Å². The van der Waals surface area contributed by atoms with Gasteiger partial charge >= 0.3 is 5.97 Å². The van der Waals surface area contributed by atoms with Gasteiger partial charge in [0.1, 0.15) is 5.56 Å². The number of rotatable bonds is 6. The summed E-state index contributed by atoms with van der Waals surface area (Å²) in [5.74, 6) is -0.328. The maximum Gasteiger partial charge on any atom is 0.343 e. The molecule has 0 unspecified atom stereocenters. The zero-order valence-corrected chi connectivity index (χ0v) is 12.7. The lowest BCUT2D eigenvalue weighted by atomic mass is 10.2. The predicted octanol–water partition coefficient (Wildman–Crippen LogP) is 2.79. The second-order valence-electron chi connectivity index (χ2n) is 4.67. The second-order valence-corrected chi connectivity index (χ2v) is 4.67. The Morgan fingerprint density at radius 2 is 1.95 bits per heavy atom. The minimum atomic E-state index is -0.503. The molecule has 0 aliphatic rings. The summed E-state index contributed by atoms with van der Waals surface area (Å²) in [6.45, 7) is 3.91. The van der Waals surface area contributed by atoms with E-state index in [0.29, 0.717) is 12.2 Å². The Labute approximate surface area is 129 Å². The molecule has 1 N–H and O–H groups in total. The molecule has 1 amide bonds. The standard InChI is InChI=1S/C16H19N3O3/c1-3-8-14(20)18-15-13(16(21)22-4-2)11-17-19(15)12-9-6-5-7-10-12/h5-7,9-11H,3-4,8H2,1-2H3,(H,18,20). The Hall–Kier alpha value is -2.63. The molecule has 22 heavy (non-hydrogen) atoms. The SMILES string of the molecule is CCCC(=O)Nc1c(C(=O)OCC)cnn1-c1ccccc1. The summed E-state index contributed by atoms with van der Waals surface area (Å²) >= 11 is 0. The number of benzene rings is 1. The average molecular weight is 301 g/mol. The highest BCUT2D eigenvalue weighted by Gasteiger charge is 2.21. The summed E-state index contributed by atoms with van der Waals surface area (Å²) in [4.78, 5) is 23.9. The van der Waals surface area contributed by atoms with Gasteiger partial charge in [0.05, 0.1) is 18.5 Å². The van der Waals surface area contributed by atoms with Gasteiger partial charge in [-0.2, -0.15) is 5.10 Å². The molecule has 0 atom stereocenters. The van der Waals surface area contributed by atoms with Gasteiger partial charge in [0.2, 0.25) is 5.91 Å². The number of para-hydroxylation sites is 1. The lowest BCUT2D eigenvalue weighted by Crippen LogP contribution is -2.17. The molecule has 2 aromatic rings. The van der Waals surface area contributed by atoms with Crippen molar-refractivity contribution in [3.63, 3.8) is 0 Å². The molecule has 6 nitrogen and oxygen atoms in total. The molecule has 1 heterocycles. The van der Waals surface area contributed by atoms with E-state index in [2.05, 4.69) is 10.4 Å². The normalized spacial score (nSPS) is 10.3. The molecule has 0 aliphatic carbocycles. The van der Waals surface area contributed by atoms with Crippen LogP contribution in [0.15, 0.2) is 36.5 Å². The zero-order valence-electron chi connectivity index (χ0n) is 12.7. The van der Waals surface area contributed by atoms with Crippen molar-refractivity contribution >= 4 is 17.7 Å². The summed E-state index contributed by atoms with van der Waals surface area (Å²) in [6, 6.07) is 9.29. The van der Waals surface area contributed by atoms with Crippen LogP contribution in [0.2, 0.25) is 0 Å². The fourth-order valence-electron chi connectivity index (χ4n) is 2.01. The number of ether oxygens (including phenoxy) is 1. The second kappa shape index (κ2) is 7.40. The topological polar surface area (TPSA) is 73.2 Å². The summed E-state index contributed by atoms with van der Waals surface area (Å²) in [6.07, 6.45) is 2.51. The molecule has 0 fully saturated rings. The summed E-state index contributed by atoms with van der Waals surface area (Å²) in [5.41, 5.74) is 1.00. The number of anilines is 1. The molecule has 0 bridgehead atoms. The Kier molecular flexibility index (Phi) is 5.30. The lowest BCUT2D eigenvalue weighted by Gasteiger charge is -2.10. The minimum Gasteiger partial charge on any atom is -0.462 e. The van der Waals surface area contributed by atoms with Crippen LogP contribution < -0.4 is 5.32 Å². The van der Waals surface area contributed by atoms with Crippen molar-refractivity contribution in [3.05, 3.63) is 42.1 Å². The van der Waals surface area contributed by atoms with Crippen LogP contribution in [0.4, 0.5) is 5.82 Å². The van der Waals surface area contributed by atoms with Crippen molar-refractivity contribution in [2.24, 2.45) is 0 Å². The Bertz CT molecular complexity index is 650. The van der Waals surface area contributed by atoms with Gasteiger partial charge in [-0.05, 0) is 25.5 Å².